The van der Waals surface area contributed by atoms with E-state index in [1.165, 1.54) is 0 Å². The first kappa shape index (κ1) is 46.2. The van der Waals surface area contributed by atoms with Gasteiger partial charge in [0.25, 0.3) is 0 Å². The maximum absolute atomic E-state index is 13.6. The maximum Gasteiger partial charge on any atom is 2.00 e. The first-order valence-corrected chi connectivity index (χ1v) is 22.7. The first-order valence-electron chi connectivity index (χ1n) is 22.7. The molecule has 59 heavy (non-hydrogen) atoms. The Hall–Kier alpha value is -2.27. The minimum Gasteiger partial charge on any atom is -0.550 e. The molecule has 10 nitrogen and oxygen atoms in total. The molecule has 320 valence electrons. The summed E-state index contributed by atoms with van der Waals surface area (Å²) in [5, 5.41) is 21.8. The molecule has 0 radical (unpaired) electrons. The van der Waals surface area contributed by atoms with Crippen LogP contribution in [-0.2, 0) is 38.4 Å². The minimum atomic E-state index is -1.04. The molecule has 8 rings (SSSR count). The zero-order valence-electron chi connectivity index (χ0n) is 36.4. The molecule has 8 saturated carbocycles. The molecule has 0 spiro atoms. The summed E-state index contributed by atoms with van der Waals surface area (Å²) in [6.07, 6.45) is 10.2. The van der Waals surface area contributed by atoms with Crippen molar-refractivity contribution in [1.29, 1.82) is 0 Å². The third kappa shape index (κ3) is 7.57. The Bertz CT molecular complexity index is 1650. The van der Waals surface area contributed by atoms with Crippen LogP contribution in [0.4, 0.5) is 0 Å². The first-order chi connectivity index (χ1) is 27.2. The van der Waals surface area contributed by atoms with Crippen molar-refractivity contribution >= 4 is 69.7 Å². The fourth-order valence-electron chi connectivity index (χ4n) is 15.9. The zero-order chi connectivity index (χ0) is 42.3. The van der Waals surface area contributed by atoms with E-state index < -0.39 is 22.8 Å². The molecule has 0 heterocycles. The zero-order valence-corrected chi connectivity index (χ0v) is 37.9. The summed E-state index contributed by atoms with van der Waals surface area (Å²) in [5.41, 5.74) is -1.25. The molecule has 0 aromatic heterocycles. The van der Waals surface area contributed by atoms with Crippen molar-refractivity contribution in [2.75, 3.05) is 0 Å². The number of fused-ring (bicyclic) bond motifs is 10. The van der Waals surface area contributed by atoms with E-state index in [0.717, 1.165) is 38.5 Å². The van der Waals surface area contributed by atoms with Gasteiger partial charge >= 0.3 is 23.1 Å². The molecule has 8 aliphatic carbocycles. The number of hydrogen-bond acceptors (Lipinski definition) is 10. The van der Waals surface area contributed by atoms with Crippen LogP contribution in [0.3, 0.4) is 0 Å². The molecule has 0 saturated heterocycles. The smallest absolute Gasteiger partial charge is 0.550 e. The summed E-state index contributed by atoms with van der Waals surface area (Å²) in [7, 11) is 0. The molecule has 11 heteroatoms. The molecule has 7 unspecified atom stereocenters. The minimum absolute atomic E-state index is 0. The van der Waals surface area contributed by atoms with Gasteiger partial charge in [-0.3, -0.25) is 28.8 Å². The normalized spacial score (nSPS) is 44.6. The van der Waals surface area contributed by atoms with Crippen molar-refractivity contribution < 1.29 is 48.6 Å². The predicted molar refractivity (Wildman–Crippen MR) is 215 cm³/mol. The summed E-state index contributed by atoms with van der Waals surface area (Å²) in [6.45, 7) is 12.6. The quantitative estimate of drug-likeness (QED) is 0.299. The van der Waals surface area contributed by atoms with Crippen molar-refractivity contribution in [3.05, 3.63) is 0 Å². The van der Waals surface area contributed by atoms with Crippen LogP contribution in [-0.4, -0.2) is 69.7 Å². The Labute approximate surface area is 366 Å². The molecule has 8 aliphatic rings. The van der Waals surface area contributed by atoms with Crippen molar-refractivity contribution in [3.8, 4) is 0 Å². The van der Waals surface area contributed by atoms with Gasteiger partial charge in [0.2, 0.25) is 0 Å². The summed E-state index contributed by atoms with van der Waals surface area (Å²) in [5.74, 6) is 0.261. The van der Waals surface area contributed by atoms with Crippen molar-refractivity contribution in [2.24, 2.45) is 92.7 Å². The van der Waals surface area contributed by atoms with Gasteiger partial charge in [-0.05, 0) is 134 Å². The maximum atomic E-state index is 13.6. The monoisotopic (exact) mass is 826 g/mol. The van der Waals surface area contributed by atoms with Gasteiger partial charge in [0.05, 0.1) is 0 Å². The van der Waals surface area contributed by atoms with Crippen molar-refractivity contribution in [1.82, 2.24) is 0 Å². The predicted octanol–water partition coefficient (Wildman–Crippen LogP) is 5.10. The Morgan fingerprint density at radius 1 is 0.559 bits per heavy atom. The Morgan fingerprint density at radius 2 is 0.915 bits per heavy atom. The molecule has 16 atom stereocenters. The van der Waals surface area contributed by atoms with Crippen LogP contribution in [0.1, 0.15) is 157 Å². The fraction of sp³-hybridized carbons (Fsp3) is 0.833. The number of carbonyl (C=O) groups excluding carboxylic acids is 8. The van der Waals surface area contributed by atoms with Crippen LogP contribution in [0.5, 0.6) is 0 Å². The van der Waals surface area contributed by atoms with Crippen LogP contribution in [0, 0.1) is 92.7 Å². The molecule has 0 aromatic carbocycles. The molecule has 0 bridgehead atoms. The second kappa shape index (κ2) is 16.8. The summed E-state index contributed by atoms with van der Waals surface area (Å²) < 4.78 is 0. The van der Waals surface area contributed by atoms with Gasteiger partial charge in [0, 0.05) is 86.0 Å². The summed E-state index contributed by atoms with van der Waals surface area (Å²) in [4.78, 5) is 99.7. The van der Waals surface area contributed by atoms with Gasteiger partial charge in [0.1, 0.15) is 34.7 Å². The second-order valence-corrected chi connectivity index (χ2v) is 21.7. The molecular weight excluding hydrogens is 761 g/mol. The number of rotatable bonds is 8. The van der Waals surface area contributed by atoms with Crippen LogP contribution in [0.25, 0.3) is 0 Å². The number of carboxylic acids is 2. The van der Waals surface area contributed by atoms with E-state index in [9.17, 15) is 48.6 Å². The number of carbonyl (C=O) groups is 8. The molecule has 0 aliphatic heterocycles. The summed E-state index contributed by atoms with van der Waals surface area (Å²) >= 11 is 0. The van der Waals surface area contributed by atoms with Gasteiger partial charge in [-0.1, -0.05) is 41.5 Å². The van der Waals surface area contributed by atoms with Crippen molar-refractivity contribution in [3.63, 3.8) is 0 Å². The molecular formula is C48H66MgO10. The molecule has 0 N–H and O–H groups in total. The largest absolute Gasteiger partial charge is 2.00 e. The van der Waals surface area contributed by atoms with Gasteiger partial charge in [0.15, 0.2) is 0 Å². The number of ketones is 6. The average Bonchev–Trinajstić information content (AvgIpc) is 3.70. The SMILES string of the molecule is C[C@H](CCC(=O)[O-])[C@H]1CCC2C3C(=O)CC4CC(=O)CC[C@]4(C)C3CC(=O)[C@@]21C.C[C@H](CCC(=O)[O-])[C@H]1CCC2C3C(=O)C[C@@H]4CC(=O)CC[C@]4(C)C3CC(=O)[C@@]21C.[Mg+2]. The van der Waals surface area contributed by atoms with Crippen LogP contribution in [0.2, 0.25) is 0 Å². The van der Waals surface area contributed by atoms with Gasteiger partial charge in [-0.15, -0.1) is 0 Å². The van der Waals surface area contributed by atoms with E-state index in [2.05, 4.69) is 27.7 Å². The number of Topliss-reactive ketones (excluding diaryl/α,β-unsaturated/α-hetero) is 6. The van der Waals surface area contributed by atoms with E-state index in [4.69, 9.17) is 0 Å². The molecule has 0 aromatic rings. The second-order valence-electron chi connectivity index (χ2n) is 21.7. The standard InChI is InChI=1S/2C24H34O5.Mg/c2*1-13(4-7-21(28)29)16-5-6-17-22-18(12-20(27)24(16,17)3)23(2)9-8-15(25)10-14(23)11-19(22)26;/h2*13-14,16-18,22H,4-12H2,1-3H3,(H,28,29);/q;;+2/p-2/t13-,14?,16-,17?,18?,22?,23+,24-;13-,14+,16-,17?,18?,22?,23+,24-;/m11./s1. The third-order valence-corrected chi connectivity index (χ3v) is 19.4. The Balaban J connectivity index is 0.000000195. The fourth-order valence-corrected chi connectivity index (χ4v) is 15.9. The topological polar surface area (TPSA) is 183 Å². The van der Waals surface area contributed by atoms with E-state index in [1.54, 1.807) is 0 Å². The van der Waals surface area contributed by atoms with E-state index >= 15 is 0 Å². The van der Waals surface area contributed by atoms with Gasteiger partial charge in [-0.25, -0.2) is 0 Å². The number of hydrogen-bond donors (Lipinski definition) is 0. The number of aliphatic carboxylic acids is 2. The van der Waals surface area contributed by atoms with E-state index in [1.807, 2.05) is 13.8 Å². The van der Waals surface area contributed by atoms with Gasteiger partial charge in [-0.2, -0.15) is 0 Å². The van der Waals surface area contributed by atoms with Crippen molar-refractivity contribution in [2.45, 2.75) is 157 Å². The Kier molecular flexibility index (Phi) is 13.2. The van der Waals surface area contributed by atoms with Crippen LogP contribution in [0.15, 0.2) is 0 Å². The summed E-state index contributed by atoms with van der Waals surface area (Å²) in [6, 6.07) is 0. The van der Waals surface area contributed by atoms with E-state index in [0.29, 0.717) is 64.2 Å². The Morgan fingerprint density at radius 3 is 1.25 bits per heavy atom. The number of carboxylic acid groups (broad SMARTS) is 2. The molecule has 0 amide bonds. The third-order valence-electron chi connectivity index (χ3n) is 19.4. The van der Waals surface area contributed by atoms with E-state index in [-0.39, 0.29) is 152 Å². The van der Waals surface area contributed by atoms with Gasteiger partial charge < -0.3 is 19.8 Å². The average molecular weight is 827 g/mol. The molecule has 8 fully saturated rings. The van der Waals surface area contributed by atoms with Crippen LogP contribution < -0.4 is 10.2 Å². The van der Waals surface area contributed by atoms with Crippen LogP contribution >= 0.6 is 0 Å².